The Labute approximate surface area is 110 Å². The van der Waals surface area contributed by atoms with Crippen molar-refractivity contribution in [1.82, 2.24) is 4.98 Å². The van der Waals surface area contributed by atoms with E-state index in [4.69, 9.17) is 10.5 Å². The molecule has 0 amide bonds. The van der Waals surface area contributed by atoms with Gasteiger partial charge in [-0.05, 0) is 34.7 Å². The van der Waals surface area contributed by atoms with E-state index in [1.165, 1.54) is 0 Å². The van der Waals surface area contributed by atoms with Crippen LogP contribution in [0.15, 0.2) is 30.3 Å². The zero-order valence-electron chi connectivity index (χ0n) is 8.45. The second kappa shape index (κ2) is 4.82. The van der Waals surface area contributed by atoms with Crippen LogP contribution in [-0.4, -0.2) is 4.98 Å². The lowest BCUT2D eigenvalue weighted by Gasteiger charge is -2.08. The van der Waals surface area contributed by atoms with Crippen LogP contribution in [0.25, 0.3) is 0 Å². The Morgan fingerprint density at radius 1 is 1.18 bits per heavy atom. The Balaban J connectivity index is 2.37. The van der Waals surface area contributed by atoms with Crippen molar-refractivity contribution in [1.29, 1.82) is 0 Å². The third kappa shape index (κ3) is 2.63. The number of pyridine rings is 1. The topological polar surface area (TPSA) is 48.1 Å². The molecule has 2 aromatic rings. The molecule has 2 N–H and O–H groups in total. The number of anilines is 1. The number of nitrogens with zero attached hydrogens (tertiary/aromatic N) is 1. The fourth-order valence-electron chi connectivity index (χ4n) is 1.17. The lowest BCUT2D eigenvalue weighted by molar-refractivity contribution is 0.416. The lowest BCUT2D eigenvalue weighted by Crippen LogP contribution is -2.00. The second-order valence-electron chi connectivity index (χ2n) is 3.17. The summed E-state index contributed by atoms with van der Waals surface area (Å²) in [5, 5.41) is 0. The van der Waals surface area contributed by atoms with E-state index in [1.807, 2.05) is 28.7 Å². The van der Waals surface area contributed by atoms with Crippen molar-refractivity contribution in [3.05, 3.63) is 45.5 Å². The largest absolute Gasteiger partial charge is 0.435 e. The summed E-state index contributed by atoms with van der Waals surface area (Å²) in [6.07, 6.45) is 0. The van der Waals surface area contributed by atoms with Gasteiger partial charge in [-0.2, -0.15) is 4.98 Å². The van der Waals surface area contributed by atoms with Gasteiger partial charge in [-0.1, -0.05) is 12.1 Å². The zero-order chi connectivity index (χ0) is 12.4. The molecule has 0 saturated heterocycles. The van der Waals surface area contributed by atoms with Gasteiger partial charge in [-0.15, -0.1) is 0 Å². The number of nitrogen functional groups attached to an aromatic ring is 1. The summed E-state index contributed by atoms with van der Waals surface area (Å²) in [4.78, 5) is 3.51. The van der Waals surface area contributed by atoms with Crippen LogP contribution < -0.4 is 10.5 Å². The average molecular weight is 348 g/mol. The maximum atomic E-state index is 13.4. The van der Waals surface area contributed by atoms with Crippen LogP contribution in [0.5, 0.6) is 11.6 Å². The molecule has 1 aromatic carbocycles. The number of hydrogen-bond acceptors (Lipinski definition) is 3. The Morgan fingerprint density at radius 2 is 1.88 bits per heavy atom. The fraction of sp³-hybridized carbons (Fsp3) is 0. The molecule has 0 bridgehead atoms. The fourth-order valence-corrected chi connectivity index (χ4v) is 1.66. The minimum atomic E-state index is -0.905. The van der Waals surface area contributed by atoms with E-state index in [9.17, 15) is 8.78 Å². The van der Waals surface area contributed by atoms with E-state index < -0.39 is 17.5 Å². The highest BCUT2D eigenvalue weighted by Gasteiger charge is 2.12. The molecule has 0 fully saturated rings. The number of aromatic nitrogens is 1. The summed E-state index contributed by atoms with van der Waals surface area (Å²) in [5.74, 6) is -2.10. The van der Waals surface area contributed by atoms with Gasteiger partial charge < -0.3 is 10.5 Å². The van der Waals surface area contributed by atoms with Gasteiger partial charge >= 0.3 is 0 Å². The minimum Gasteiger partial charge on any atom is -0.435 e. The third-order valence-corrected chi connectivity index (χ3v) is 2.86. The van der Waals surface area contributed by atoms with Crippen molar-refractivity contribution >= 4 is 28.4 Å². The third-order valence-electron chi connectivity index (χ3n) is 1.97. The molecular weight excluding hydrogens is 341 g/mol. The first kappa shape index (κ1) is 12.0. The van der Waals surface area contributed by atoms with Gasteiger partial charge in [-0.25, -0.2) is 8.78 Å². The van der Waals surface area contributed by atoms with E-state index >= 15 is 0 Å². The molecule has 6 heteroatoms. The number of benzene rings is 1. The van der Waals surface area contributed by atoms with E-state index in [2.05, 4.69) is 4.98 Å². The van der Waals surface area contributed by atoms with Gasteiger partial charge in [0.2, 0.25) is 0 Å². The van der Waals surface area contributed by atoms with Gasteiger partial charge in [0.25, 0.3) is 5.88 Å². The van der Waals surface area contributed by atoms with E-state index in [0.717, 1.165) is 3.57 Å². The summed E-state index contributed by atoms with van der Waals surface area (Å²) in [5.41, 5.74) is 5.25. The van der Waals surface area contributed by atoms with E-state index in [-0.39, 0.29) is 5.88 Å². The maximum Gasteiger partial charge on any atom is 0.258 e. The normalized spacial score (nSPS) is 10.3. The Bertz CT molecular complexity index is 563. The molecule has 0 saturated carbocycles. The van der Waals surface area contributed by atoms with Gasteiger partial charge in [0, 0.05) is 6.07 Å². The summed E-state index contributed by atoms with van der Waals surface area (Å²) in [7, 11) is 0. The summed E-state index contributed by atoms with van der Waals surface area (Å²) in [6, 6.07) is 7.65. The van der Waals surface area contributed by atoms with Crippen LogP contribution in [0.4, 0.5) is 14.6 Å². The zero-order valence-corrected chi connectivity index (χ0v) is 10.6. The van der Waals surface area contributed by atoms with Crippen LogP contribution >= 0.6 is 22.6 Å². The summed E-state index contributed by atoms with van der Waals surface area (Å²) < 4.78 is 32.3. The molecule has 17 heavy (non-hydrogen) atoms. The summed E-state index contributed by atoms with van der Waals surface area (Å²) in [6.45, 7) is 0. The average Bonchev–Trinajstić information content (AvgIpc) is 2.29. The van der Waals surface area contributed by atoms with Crippen molar-refractivity contribution in [2.75, 3.05) is 5.73 Å². The molecule has 0 radical (unpaired) electrons. The number of nitrogens with two attached hydrogens (primary N) is 1. The van der Waals surface area contributed by atoms with Crippen molar-refractivity contribution in [3.63, 3.8) is 0 Å². The monoisotopic (exact) mass is 348 g/mol. The van der Waals surface area contributed by atoms with Gasteiger partial charge in [0.15, 0.2) is 17.5 Å². The summed E-state index contributed by atoms with van der Waals surface area (Å²) >= 11 is 2.03. The Kier molecular flexibility index (Phi) is 3.41. The molecule has 0 spiro atoms. The standard InChI is InChI=1S/C11H7F2IN2O/c12-6-5-7(13)11(16-10(6)15)17-9-4-2-1-3-8(9)14/h1-5H,(H2,15,16). The molecular formula is C11H7F2IN2O. The predicted octanol–water partition coefficient (Wildman–Crippen LogP) is 3.34. The van der Waals surface area contributed by atoms with Crippen LogP contribution in [0.3, 0.4) is 0 Å². The predicted molar refractivity (Wildman–Crippen MR) is 67.8 cm³/mol. The highest BCUT2D eigenvalue weighted by atomic mass is 127. The Hall–Kier alpha value is -1.44. The van der Waals surface area contributed by atoms with E-state index in [1.54, 1.807) is 18.2 Å². The molecule has 0 unspecified atom stereocenters. The molecule has 1 aromatic heterocycles. The molecule has 88 valence electrons. The highest BCUT2D eigenvalue weighted by Crippen LogP contribution is 2.28. The van der Waals surface area contributed by atoms with Gasteiger partial charge in [-0.3, -0.25) is 0 Å². The number of rotatable bonds is 2. The van der Waals surface area contributed by atoms with Crippen LogP contribution in [0, 0.1) is 15.2 Å². The molecule has 3 nitrogen and oxygen atoms in total. The van der Waals surface area contributed by atoms with Gasteiger partial charge in [0.1, 0.15) is 5.75 Å². The molecule has 0 aliphatic carbocycles. The lowest BCUT2D eigenvalue weighted by atomic mass is 10.3. The van der Waals surface area contributed by atoms with Crippen molar-refractivity contribution in [3.8, 4) is 11.6 Å². The van der Waals surface area contributed by atoms with Crippen LogP contribution in [0.2, 0.25) is 0 Å². The number of ether oxygens (including phenoxy) is 1. The molecule has 1 heterocycles. The smallest absolute Gasteiger partial charge is 0.258 e. The van der Waals surface area contributed by atoms with E-state index in [0.29, 0.717) is 11.8 Å². The maximum absolute atomic E-state index is 13.4. The SMILES string of the molecule is Nc1nc(Oc2ccccc2I)c(F)cc1F. The molecule has 0 atom stereocenters. The van der Waals surface area contributed by atoms with Crippen molar-refractivity contribution in [2.24, 2.45) is 0 Å². The number of hydrogen-bond donors (Lipinski definition) is 1. The van der Waals surface area contributed by atoms with Crippen molar-refractivity contribution < 1.29 is 13.5 Å². The van der Waals surface area contributed by atoms with Gasteiger partial charge in [0.05, 0.1) is 3.57 Å². The van der Waals surface area contributed by atoms with Crippen molar-refractivity contribution in [2.45, 2.75) is 0 Å². The first-order chi connectivity index (χ1) is 8.08. The number of para-hydroxylation sites is 1. The molecule has 0 aliphatic heterocycles. The molecule has 0 aliphatic rings. The molecule has 2 rings (SSSR count). The number of halogens is 3. The first-order valence-electron chi connectivity index (χ1n) is 4.62. The van der Waals surface area contributed by atoms with Crippen LogP contribution in [-0.2, 0) is 0 Å². The minimum absolute atomic E-state index is 0.340. The Morgan fingerprint density at radius 3 is 2.59 bits per heavy atom. The first-order valence-corrected chi connectivity index (χ1v) is 5.69. The van der Waals surface area contributed by atoms with Crippen LogP contribution in [0.1, 0.15) is 0 Å². The quantitative estimate of drug-likeness (QED) is 0.847. The highest BCUT2D eigenvalue weighted by molar-refractivity contribution is 14.1. The second-order valence-corrected chi connectivity index (χ2v) is 4.34.